The molecule has 1 aliphatic carbocycles. The molecule has 0 atom stereocenters. The van der Waals surface area contributed by atoms with Gasteiger partial charge >= 0.3 is 0 Å². The zero-order valence-electron chi connectivity index (χ0n) is 13.0. The Balaban J connectivity index is 1.96. The molecule has 0 radical (unpaired) electrons. The predicted molar refractivity (Wildman–Crippen MR) is 81.1 cm³/mol. The van der Waals surface area contributed by atoms with Crippen LogP contribution in [0, 0.1) is 0 Å². The summed E-state index contributed by atoms with van der Waals surface area (Å²) in [5.74, 6) is 0.863. The fraction of sp³-hybridized carbons (Fsp3) is 0.588. The Morgan fingerprint density at radius 2 is 1.80 bits per heavy atom. The Morgan fingerprint density at radius 1 is 1.15 bits per heavy atom. The first-order valence-electron chi connectivity index (χ1n) is 7.55. The van der Waals surface area contributed by atoms with Gasteiger partial charge in [0.2, 0.25) is 0 Å². The van der Waals surface area contributed by atoms with Crippen LogP contribution in [-0.2, 0) is 17.6 Å². The molecular formula is C17H25NO2. The van der Waals surface area contributed by atoms with Crippen LogP contribution in [0.5, 0.6) is 5.75 Å². The number of benzene rings is 1. The van der Waals surface area contributed by atoms with E-state index in [2.05, 4.69) is 12.1 Å². The first-order valence-corrected chi connectivity index (χ1v) is 7.55. The Hall–Kier alpha value is -1.51. The van der Waals surface area contributed by atoms with Gasteiger partial charge in [-0.15, -0.1) is 0 Å². The van der Waals surface area contributed by atoms with Crippen LogP contribution in [0.4, 0.5) is 0 Å². The van der Waals surface area contributed by atoms with E-state index in [9.17, 15) is 4.79 Å². The van der Waals surface area contributed by atoms with Gasteiger partial charge in [0.25, 0.3) is 5.91 Å². The van der Waals surface area contributed by atoms with Crippen molar-refractivity contribution >= 4 is 5.91 Å². The van der Waals surface area contributed by atoms with Crippen molar-refractivity contribution < 1.29 is 9.53 Å². The van der Waals surface area contributed by atoms with Crippen molar-refractivity contribution in [2.24, 2.45) is 0 Å². The number of hydrogen-bond acceptors (Lipinski definition) is 2. The molecule has 3 heteroatoms. The molecule has 3 nitrogen and oxygen atoms in total. The van der Waals surface area contributed by atoms with Gasteiger partial charge in [0.05, 0.1) is 0 Å². The molecule has 0 spiro atoms. The minimum atomic E-state index is 0.0514. The van der Waals surface area contributed by atoms with E-state index in [1.807, 2.05) is 38.7 Å². The van der Waals surface area contributed by atoms with E-state index in [0.29, 0.717) is 0 Å². The topological polar surface area (TPSA) is 29.5 Å². The van der Waals surface area contributed by atoms with Gasteiger partial charge in [0.15, 0.2) is 6.61 Å². The summed E-state index contributed by atoms with van der Waals surface area (Å²) in [6.07, 6.45) is 3.53. The average molecular weight is 275 g/mol. The number of rotatable bonds is 5. The van der Waals surface area contributed by atoms with Crippen molar-refractivity contribution in [1.82, 2.24) is 4.90 Å². The molecule has 1 amide bonds. The quantitative estimate of drug-likeness (QED) is 0.826. The summed E-state index contributed by atoms with van der Waals surface area (Å²) < 4.78 is 5.68. The summed E-state index contributed by atoms with van der Waals surface area (Å²) in [5, 5.41) is 0. The third kappa shape index (κ3) is 3.33. The molecule has 1 aromatic carbocycles. The largest absolute Gasteiger partial charge is 0.484 e. The third-order valence-electron chi connectivity index (χ3n) is 3.83. The van der Waals surface area contributed by atoms with E-state index in [1.54, 1.807) is 0 Å². The highest BCUT2D eigenvalue weighted by Crippen LogP contribution is 2.26. The Bertz CT molecular complexity index is 472. The number of hydrogen-bond donors (Lipinski definition) is 0. The summed E-state index contributed by atoms with van der Waals surface area (Å²) in [6, 6.07) is 6.60. The van der Waals surface area contributed by atoms with Crippen molar-refractivity contribution in [3.8, 4) is 5.75 Å². The van der Waals surface area contributed by atoms with E-state index in [0.717, 1.165) is 12.2 Å². The van der Waals surface area contributed by atoms with E-state index < -0.39 is 0 Å². The maximum atomic E-state index is 12.2. The SMILES string of the molecule is CC(C)N(C(=O)COc1ccc2c(c1)CCC2)C(C)C. The number of carbonyl (C=O) groups excluding carboxylic acids is 1. The van der Waals surface area contributed by atoms with Crippen LogP contribution < -0.4 is 4.74 Å². The summed E-state index contributed by atoms with van der Waals surface area (Å²) in [5.41, 5.74) is 2.80. The molecule has 0 aromatic heterocycles. The lowest BCUT2D eigenvalue weighted by molar-refractivity contribution is -0.136. The molecule has 0 heterocycles. The standard InChI is InChI=1S/C17H25NO2/c1-12(2)18(13(3)4)17(19)11-20-16-9-8-14-6-5-7-15(14)10-16/h8-10,12-13H,5-7,11H2,1-4H3. The first-order chi connectivity index (χ1) is 9.49. The molecule has 110 valence electrons. The van der Waals surface area contributed by atoms with Crippen LogP contribution in [0.2, 0.25) is 0 Å². The average Bonchev–Trinajstić information content (AvgIpc) is 2.82. The number of amides is 1. The van der Waals surface area contributed by atoms with Gasteiger partial charge in [-0.2, -0.15) is 0 Å². The molecule has 1 aromatic rings. The molecule has 1 aliphatic rings. The normalized spacial score (nSPS) is 13.7. The van der Waals surface area contributed by atoms with Crippen molar-refractivity contribution in [1.29, 1.82) is 0 Å². The van der Waals surface area contributed by atoms with E-state index in [-0.39, 0.29) is 24.6 Å². The smallest absolute Gasteiger partial charge is 0.260 e. The Kier molecular flexibility index (Phi) is 4.69. The zero-order chi connectivity index (χ0) is 14.7. The fourth-order valence-corrected chi connectivity index (χ4v) is 3.03. The summed E-state index contributed by atoms with van der Waals surface area (Å²) in [7, 11) is 0. The van der Waals surface area contributed by atoms with Crippen LogP contribution in [-0.4, -0.2) is 29.5 Å². The highest BCUT2D eigenvalue weighted by atomic mass is 16.5. The van der Waals surface area contributed by atoms with Gasteiger partial charge in [0, 0.05) is 12.1 Å². The second kappa shape index (κ2) is 6.29. The van der Waals surface area contributed by atoms with Crippen molar-refractivity contribution in [2.75, 3.05) is 6.61 Å². The molecular weight excluding hydrogens is 250 g/mol. The van der Waals surface area contributed by atoms with Gasteiger partial charge in [-0.05, 0) is 70.2 Å². The summed E-state index contributed by atoms with van der Waals surface area (Å²) >= 11 is 0. The molecule has 0 N–H and O–H groups in total. The van der Waals surface area contributed by atoms with Crippen LogP contribution in [0.1, 0.15) is 45.2 Å². The maximum absolute atomic E-state index is 12.2. The van der Waals surface area contributed by atoms with Crippen LogP contribution >= 0.6 is 0 Å². The number of nitrogens with zero attached hydrogens (tertiary/aromatic N) is 1. The molecule has 0 fully saturated rings. The maximum Gasteiger partial charge on any atom is 0.260 e. The van der Waals surface area contributed by atoms with Gasteiger partial charge in [-0.1, -0.05) is 6.07 Å². The second-order valence-electron chi connectivity index (χ2n) is 6.06. The lowest BCUT2D eigenvalue weighted by Crippen LogP contribution is -2.44. The third-order valence-corrected chi connectivity index (χ3v) is 3.83. The molecule has 20 heavy (non-hydrogen) atoms. The van der Waals surface area contributed by atoms with Crippen molar-refractivity contribution in [3.63, 3.8) is 0 Å². The van der Waals surface area contributed by atoms with E-state index >= 15 is 0 Å². The van der Waals surface area contributed by atoms with Gasteiger partial charge in [-0.3, -0.25) is 4.79 Å². The lowest BCUT2D eigenvalue weighted by Gasteiger charge is -2.30. The molecule has 0 saturated heterocycles. The van der Waals surface area contributed by atoms with Gasteiger partial charge in [-0.25, -0.2) is 0 Å². The molecule has 0 saturated carbocycles. The van der Waals surface area contributed by atoms with E-state index in [1.165, 1.54) is 24.0 Å². The fourth-order valence-electron chi connectivity index (χ4n) is 3.03. The highest BCUT2D eigenvalue weighted by Gasteiger charge is 2.20. The monoisotopic (exact) mass is 275 g/mol. The number of aryl methyl sites for hydroxylation is 2. The summed E-state index contributed by atoms with van der Waals surface area (Å²) in [4.78, 5) is 14.1. The van der Waals surface area contributed by atoms with Crippen LogP contribution in [0.3, 0.4) is 0 Å². The Morgan fingerprint density at radius 3 is 2.45 bits per heavy atom. The highest BCUT2D eigenvalue weighted by molar-refractivity contribution is 5.78. The Labute approximate surface area is 121 Å². The first kappa shape index (κ1) is 14.9. The second-order valence-corrected chi connectivity index (χ2v) is 6.06. The molecule has 2 rings (SSSR count). The van der Waals surface area contributed by atoms with Gasteiger partial charge < -0.3 is 9.64 Å². The lowest BCUT2D eigenvalue weighted by atomic mass is 10.1. The van der Waals surface area contributed by atoms with E-state index in [4.69, 9.17) is 4.74 Å². The zero-order valence-corrected chi connectivity index (χ0v) is 13.0. The van der Waals surface area contributed by atoms with Gasteiger partial charge in [0.1, 0.15) is 5.75 Å². The molecule has 0 bridgehead atoms. The molecule has 0 aliphatic heterocycles. The van der Waals surface area contributed by atoms with Crippen LogP contribution in [0.15, 0.2) is 18.2 Å². The predicted octanol–water partition coefficient (Wildman–Crippen LogP) is 3.20. The molecule has 0 unspecified atom stereocenters. The minimum Gasteiger partial charge on any atom is -0.484 e. The van der Waals surface area contributed by atoms with Crippen LogP contribution in [0.25, 0.3) is 0 Å². The number of ether oxygens (including phenoxy) is 1. The number of carbonyl (C=O) groups is 1. The minimum absolute atomic E-state index is 0.0514. The van der Waals surface area contributed by atoms with Crippen molar-refractivity contribution in [2.45, 2.75) is 59.0 Å². The van der Waals surface area contributed by atoms with Crippen molar-refractivity contribution in [3.05, 3.63) is 29.3 Å². The summed E-state index contributed by atoms with van der Waals surface area (Å²) in [6.45, 7) is 8.26. The number of fused-ring (bicyclic) bond motifs is 1.